The molecule has 1 heterocycles. The zero-order chi connectivity index (χ0) is 13.4. The first-order valence-electron chi connectivity index (χ1n) is 5.77. The number of rotatable bonds is 1. The summed E-state index contributed by atoms with van der Waals surface area (Å²) >= 11 is 3.38. The van der Waals surface area contributed by atoms with Crippen LogP contribution in [0, 0.1) is 0 Å². The molecule has 3 nitrogen and oxygen atoms in total. The number of halogens is 1. The minimum atomic E-state index is -0.565. The number of carbonyl (C=O) groups excluding carboxylic acids is 2. The predicted octanol–water partition coefficient (Wildman–Crippen LogP) is 3.36. The first-order valence-corrected chi connectivity index (χ1v) is 6.56. The number of hydrogen-bond donors (Lipinski definition) is 0. The van der Waals surface area contributed by atoms with Crippen LogP contribution in [0.3, 0.4) is 0 Å². The highest BCUT2D eigenvalue weighted by molar-refractivity contribution is 9.10. The van der Waals surface area contributed by atoms with Gasteiger partial charge < -0.3 is 4.74 Å². The highest BCUT2D eigenvalue weighted by Gasteiger charge is 2.24. The average molecular weight is 317 g/mol. The Labute approximate surface area is 118 Å². The van der Waals surface area contributed by atoms with E-state index < -0.39 is 11.9 Å². The van der Waals surface area contributed by atoms with Crippen LogP contribution in [0.5, 0.6) is 0 Å². The van der Waals surface area contributed by atoms with Crippen LogP contribution >= 0.6 is 15.9 Å². The molecule has 0 saturated heterocycles. The van der Waals surface area contributed by atoms with Crippen molar-refractivity contribution < 1.29 is 14.3 Å². The maximum atomic E-state index is 11.7. The summed E-state index contributed by atoms with van der Waals surface area (Å²) in [5, 5.41) is 0. The molecule has 2 aromatic carbocycles. The first-order chi connectivity index (χ1) is 9.13. The van der Waals surface area contributed by atoms with E-state index in [0.717, 1.165) is 21.2 Å². The number of cyclic esters (lactones) is 2. The smallest absolute Gasteiger partial charge is 0.346 e. The van der Waals surface area contributed by atoms with Gasteiger partial charge in [0, 0.05) is 4.47 Å². The summed E-state index contributed by atoms with van der Waals surface area (Å²) in [6.45, 7) is 0. The van der Waals surface area contributed by atoms with Crippen LogP contribution in [0.15, 0.2) is 46.9 Å². The fraction of sp³-hybridized carbons (Fsp3) is 0.0667. The van der Waals surface area contributed by atoms with Gasteiger partial charge in [-0.25, -0.2) is 4.79 Å². The first kappa shape index (κ1) is 12.1. The van der Waals surface area contributed by atoms with Crippen LogP contribution in [0.2, 0.25) is 0 Å². The van der Waals surface area contributed by atoms with E-state index in [1.807, 2.05) is 36.4 Å². The van der Waals surface area contributed by atoms with Gasteiger partial charge in [0.25, 0.3) is 0 Å². The lowest BCUT2D eigenvalue weighted by atomic mass is 9.96. The fourth-order valence-electron chi connectivity index (χ4n) is 2.09. The predicted molar refractivity (Wildman–Crippen MR) is 73.7 cm³/mol. The number of benzene rings is 2. The second-order valence-electron chi connectivity index (χ2n) is 4.32. The van der Waals surface area contributed by atoms with Crippen molar-refractivity contribution >= 4 is 27.9 Å². The molecule has 0 N–H and O–H groups in total. The van der Waals surface area contributed by atoms with E-state index in [-0.39, 0.29) is 6.42 Å². The summed E-state index contributed by atoms with van der Waals surface area (Å²) in [4.78, 5) is 22.9. The molecule has 1 aliphatic rings. The lowest BCUT2D eigenvalue weighted by molar-refractivity contribution is -0.137. The van der Waals surface area contributed by atoms with Gasteiger partial charge in [0.1, 0.15) is 0 Å². The molecule has 0 aromatic heterocycles. The third kappa shape index (κ3) is 2.31. The number of carbonyl (C=O) groups is 2. The Kier molecular flexibility index (Phi) is 2.95. The fourth-order valence-corrected chi connectivity index (χ4v) is 2.36. The largest absolute Gasteiger partial charge is 0.389 e. The van der Waals surface area contributed by atoms with Gasteiger partial charge in [0.05, 0.1) is 12.0 Å². The Balaban J connectivity index is 2.06. The second kappa shape index (κ2) is 4.63. The molecule has 0 saturated carbocycles. The van der Waals surface area contributed by atoms with Crippen LogP contribution in [-0.4, -0.2) is 11.9 Å². The van der Waals surface area contributed by atoms with Gasteiger partial charge in [0.2, 0.25) is 0 Å². The lowest BCUT2D eigenvalue weighted by Crippen LogP contribution is -2.22. The van der Waals surface area contributed by atoms with Gasteiger partial charge in [-0.1, -0.05) is 40.2 Å². The molecule has 0 fully saturated rings. The second-order valence-corrected chi connectivity index (χ2v) is 5.23. The van der Waals surface area contributed by atoms with Crippen molar-refractivity contribution in [2.45, 2.75) is 6.42 Å². The molecule has 19 heavy (non-hydrogen) atoms. The molecule has 0 spiro atoms. The van der Waals surface area contributed by atoms with Crippen LogP contribution in [0.25, 0.3) is 11.1 Å². The standard InChI is InChI=1S/C15H9BrO3/c16-12-5-3-9(4-6-12)10-1-2-11-8-14(17)19-15(18)13(11)7-10/h1-7H,8H2. The van der Waals surface area contributed by atoms with Crippen molar-refractivity contribution in [1.29, 1.82) is 0 Å². The van der Waals surface area contributed by atoms with Gasteiger partial charge in [-0.15, -0.1) is 0 Å². The Bertz CT molecular complexity index is 674. The summed E-state index contributed by atoms with van der Waals surface area (Å²) in [7, 11) is 0. The number of fused-ring (bicyclic) bond motifs is 1. The van der Waals surface area contributed by atoms with Gasteiger partial charge in [-0.3, -0.25) is 4.79 Å². The Hall–Kier alpha value is -1.94. The summed E-state index contributed by atoms with van der Waals surface area (Å²) < 4.78 is 5.64. The van der Waals surface area contributed by atoms with Crippen molar-refractivity contribution in [2.75, 3.05) is 0 Å². The third-order valence-corrected chi connectivity index (χ3v) is 3.58. The van der Waals surface area contributed by atoms with E-state index in [9.17, 15) is 9.59 Å². The maximum absolute atomic E-state index is 11.7. The minimum absolute atomic E-state index is 0.154. The molecule has 0 amide bonds. The van der Waals surface area contributed by atoms with Crippen molar-refractivity contribution in [3.63, 3.8) is 0 Å². The quantitative estimate of drug-likeness (QED) is 0.598. The van der Waals surface area contributed by atoms with Gasteiger partial charge in [-0.2, -0.15) is 0 Å². The van der Waals surface area contributed by atoms with Crippen molar-refractivity contribution in [2.24, 2.45) is 0 Å². The van der Waals surface area contributed by atoms with E-state index in [1.54, 1.807) is 6.07 Å². The van der Waals surface area contributed by atoms with Crippen LogP contribution < -0.4 is 0 Å². The van der Waals surface area contributed by atoms with E-state index in [1.165, 1.54) is 0 Å². The van der Waals surface area contributed by atoms with Gasteiger partial charge >= 0.3 is 11.9 Å². The molecule has 0 unspecified atom stereocenters. The molecule has 1 aliphatic heterocycles. The SMILES string of the molecule is O=C1Cc2ccc(-c3ccc(Br)cc3)cc2C(=O)O1. The van der Waals surface area contributed by atoms with Gasteiger partial charge in [0.15, 0.2) is 0 Å². The summed E-state index contributed by atoms with van der Waals surface area (Å²) in [6, 6.07) is 13.3. The minimum Gasteiger partial charge on any atom is -0.389 e. The molecule has 4 heteroatoms. The highest BCUT2D eigenvalue weighted by Crippen LogP contribution is 2.26. The molecular formula is C15H9BrO3. The zero-order valence-electron chi connectivity index (χ0n) is 9.85. The topological polar surface area (TPSA) is 43.4 Å². The molecule has 0 bridgehead atoms. The van der Waals surface area contributed by atoms with Crippen LogP contribution in [0.4, 0.5) is 0 Å². The van der Waals surface area contributed by atoms with Crippen molar-refractivity contribution in [3.05, 3.63) is 58.1 Å². The van der Waals surface area contributed by atoms with Gasteiger partial charge in [-0.05, 0) is 34.9 Å². The van der Waals surface area contributed by atoms with E-state index in [2.05, 4.69) is 20.7 Å². The molecular weight excluding hydrogens is 308 g/mol. The van der Waals surface area contributed by atoms with E-state index in [4.69, 9.17) is 0 Å². The lowest BCUT2D eigenvalue weighted by Gasteiger charge is -2.15. The molecule has 0 atom stereocenters. The Morgan fingerprint density at radius 1 is 0.947 bits per heavy atom. The average Bonchev–Trinajstić information content (AvgIpc) is 2.39. The molecule has 0 radical (unpaired) electrons. The highest BCUT2D eigenvalue weighted by atomic mass is 79.9. The Morgan fingerprint density at radius 3 is 2.37 bits per heavy atom. The summed E-state index contributed by atoms with van der Waals surface area (Å²) in [5.74, 6) is -1.06. The molecule has 94 valence electrons. The number of esters is 2. The Morgan fingerprint density at radius 2 is 1.63 bits per heavy atom. The summed E-state index contributed by atoms with van der Waals surface area (Å²) in [6.07, 6.45) is 0.154. The van der Waals surface area contributed by atoms with Crippen molar-refractivity contribution in [3.8, 4) is 11.1 Å². The normalized spacial score (nSPS) is 13.9. The molecule has 2 aromatic rings. The van der Waals surface area contributed by atoms with Crippen LogP contribution in [0.1, 0.15) is 15.9 Å². The zero-order valence-corrected chi connectivity index (χ0v) is 11.4. The monoisotopic (exact) mass is 316 g/mol. The van der Waals surface area contributed by atoms with E-state index in [0.29, 0.717) is 5.56 Å². The van der Waals surface area contributed by atoms with Crippen LogP contribution in [-0.2, 0) is 16.0 Å². The number of hydrogen-bond acceptors (Lipinski definition) is 3. The third-order valence-electron chi connectivity index (χ3n) is 3.05. The van der Waals surface area contributed by atoms with Crippen molar-refractivity contribution in [1.82, 2.24) is 0 Å². The number of ether oxygens (including phenoxy) is 1. The van der Waals surface area contributed by atoms with E-state index >= 15 is 0 Å². The molecule has 3 rings (SSSR count). The maximum Gasteiger partial charge on any atom is 0.346 e. The summed E-state index contributed by atoms with van der Waals surface area (Å²) in [5.41, 5.74) is 3.13. The molecule has 0 aliphatic carbocycles.